The maximum absolute atomic E-state index is 13.5. The molecule has 19 heavy (non-hydrogen) atoms. The average molecular weight is 349 g/mol. The van der Waals surface area contributed by atoms with Crippen molar-refractivity contribution in [1.82, 2.24) is 0 Å². The van der Waals surface area contributed by atoms with E-state index in [0.717, 1.165) is 19.3 Å². The lowest BCUT2D eigenvalue weighted by Gasteiger charge is -2.14. The molecule has 0 saturated heterocycles. The third-order valence-electron chi connectivity index (χ3n) is 3.31. The first kappa shape index (κ1) is 14.6. The maximum Gasteiger partial charge on any atom is 0.293 e. The highest BCUT2D eigenvalue weighted by Crippen LogP contribution is 2.35. The molecule has 0 aromatic heterocycles. The van der Waals surface area contributed by atoms with Gasteiger partial charge in [-0.2, -0.15) is 11.8 Å². The Balaban J connectivity index is 2.20. The van der Waals surface area contributed by atoms with E-state index in [1.807, 2.05) is 11.8 Å². The number of thioether (sulfide) groups is 1. The predicted molar refractivity (Wildman–Crippen MR) is 79.3 cm³/mol. The number of halogens is 2. The van der Waals surface area contributed by atoms with Crippen LogP contribution in [-0.2, 0) is 0 Å². The van der Waals surface area contributed by atoms with Gasteiger partial charge in [0.05, 0.1) is 9.40 Å². The molecule has 0 amide bonds. The first-order chi connectivity index (χ1) is 9.01. The summed E-state index contributed by atoms with van der Waals surface area (Å²) in [5.41, 5.74) is 0.165. The van der Waals surface area contributed by atoms with Crippen LogP contribution in [0.4, 0.5) is 15.8 Å². The summed E-state index contributed by atoms with van der Waals surface area (Å²) in [6.45, 7) is 0. The van der Waals surface area contributed by atoms with E-state index in [0.29, 0.717) is 5.25 Å². The molecule has 1 aliphatic rings. The van der Waals surface area contributed by atoms with E-state index in [9.17, 15) is 14.5 Å². The number of rotatable bonds is 4. The van der Waals surface area contributed by atoms with Gasteiger partial charge in [-0.05, 0) is 41.4 Å². The molecule has 2 atom stereocenters. The zero-order chi connectivity index (χ0) is 14.0. The van der Waals surface area contributed by atoms with E-state index in [1.165, 1.54) is 12.1 Å². The fourth-order valence-corrected chi connectivity index (χ4v) is 3.44. The van der Waals surface area contributed by atoms with E-state index >= 15 is 0 Å². The number of benzene rings is 1. The number of nitrogens with zero attached hydrogens (tertiary/aromatic N) is 1. The van der Waals surface area contributed by atoms with Crippen LogP contribution in [0.1, 0.15) is 19.3 Å². The quantitative estimate of drug-likeness (QED) is 0.654. The van der Waals surface area contributed by atoms with E-state index in [4.69, 9.17) is 0 Å². The van der Waals surface area contributed by atoms with Gasteiger partial charge in [0.1, 0.15) is 11.5 Å². The van der Waals surface area contributed by atoms with Gasteiger partial charge in [0.2, 0.25) is 0 Å². The summed E-state index contributed by atoms with van der Waals surface area (Å²) in [5, 5.41) is 14.7. The van der Waals surface area contributed by atoms with E-state index in [1.54, 1.807) is 0 Å². The van der Waals surface area contributed by atoms with Crippen LogP contribution in [0.15, 0.2) is 16.6 Å². The summed E-state index contributed by atoms with van der Waals surface area (Å²) in [6.07, 6.45) is 5.07. The molecule has 0 bridgehead atoms. The standard InChI is InChI=1S/C12H14BrFN2O2S/c1-19-8-3-2-7(4-8)15-11-6-10(14)9(13)5-12(11)16(17)18/h5-8,15H,2-4H2,1H3. The van der Waals surface area contributed by atoms with Crippen LogP contribution in [0.3, 0.4) is 0 Å². The number of nitro benzene ring substituents is 1. The second kappa shape index (κ2) is 6.09. The van der Waals surface area contributed by atoms with Gasteiger partial charge in [-0.1, -0.05) is 0 Å². The molecule has 1 aromatic carbocycles. The Morgan fingerprint density at radius 2 is 2.26 bits per heavy atom. The number of hydrogen-bond acceptors (Lipinski definition) is 4. The molecule has 2 rings (SSSR count). The van der Waals surface area contributed by atoms with Crippen molar-refractivity contribution >= 4 is 39.1 Å². The van der Waals surface area contributed by atoms with Crippen LogP contribution in [-0.4, -0.2) is 22.5 Å². The Bertz CT molecular complexity index is 501. The molecule has 104 valence electrons. The largest absolute Gasteiger partial charge is 0.377 e. The van der Waals surface area contributed by atoms with Crippen molar-refractivity contribution in [2.45, 2.75) is 30.6 Å². The molecule has 0 heterocycles. The molecule has 7 heteroatoms. The van der Waals surface area contributed by atoms with Crippen LogP contribution in [0.5, 0.6) is 0 Å². The topological polar surface area (TPSA) is 55.2 Å². The van der Waals surface area contributed by atoms with Crippen LogP contribution in [0.2, 0.25) is 0 Å². The predicted octanol–water partition coefficient (Wildman–Crippen LogP) is 4.19. The summed E-state index contributed by atoms with van der Waals surface area (Å²) in [7, 11) is 0. The van der Waals surface area contributed by atoms with Crippen LogP contribution < -0.4 is 5.32 Å². The van der Waals surface area contributed by atoms with Crippen molar-refractivity contribution in [3.05, 3.63) is 32.5 Å². The molecule has 0 radical (unpaired) electrons. The van der Waals surface area contributed by atoms with Crippen molar-refractivity contribution < 1.29 is 9.31 Å². The lowest BCUT2D eigenvalue weighted by Crippen LogP contribution is -2.17. The van der Waals surface area contributed by atoms with Crippen molar-refractivity contribution in [1.29, 1.82) is 0 Å². The lowest BCUT2D eigenvalue weighted by atomic mass is 10.2. The van der Waals surface area contributed by atoms with Crippen molar-refractivity contribution in [3.63, 3.8) is 0 Å². The molecule has 1 N–H and O–H groups in total. The molecular weight excluding hydrogens is 335 g/mol. The normalized spacial score (nSPS) is 22.5. The second-order valence-corrected chi connectivity index (χ2v) is 6.55. The van der Waals surface area contributed by atoms with Crippen LogP contribution >= 0.6 is 27.7 Å². The van der Waals surface area contributed by atoms with E-state index in [2.05, 4.69) is 27.5 Å². The summed E-state index contributed by atoms with van der Waals surface area (Å²) >= 11 is 4.78. The molecule has 1 fully saturated rings. The van der Waals surface area contributed by atoms with E-state index in [-0.39, 0.29) is 21.9 Å². The summed E-state index contributed by atoms with van der Waals surface area (Å²) in [5.74, 6) is -0.493. The molecule has 1 saturated carbocycles. The fraction of sp³-hybridized carbons (Fsp3) is 0.500. The molecule has 2 unspecified atom stereocenters. The number of nitro groups is 1. The van der Waals surface area contributed by atoms with Gasteiger partial charge in [0, 0.05) is 23.4 Å². The molecule has 0 aliphatic heterocycles. The van der Waals surface area contributed by atoms with Gasteiger partial charge in [0.15, 0.2) is 0 Å². The second-order valence-electron chi connectivity index (χ2n) is 4.55. The highest BCUT2D eigenvalue weighted by atomic mass is 79.9. The SMILES string of the molecule is CSC1CCC(Nc2cc(F)c(Br)cc2[N+](=O)[O-])C1. The first-order valence-corrected chi connectivity index (χ1v) is 8.02. The van der Waals surface area contributed by atoms with Gasteiger partial charge in [-0.15, -0.1) is 0 Å². The Morgan fingerprint density at radius 3 is 2.84 bits per heavy atom. The Kier molecular flexibility index (Phi) is 4.67. The van der Waals surface area contributed by atoms with Crippen molar-refractivity contribution in [3.8, 4) is 0 Å². The van der Waals surface area contributed by atoms with Crippen LogP contribution in [0.25, 0.3) is 0 Å². The van der Waals surface area contributed by atoms with E-state index < -0.39 is 10.7 Å². The molecular formula is C12H14BrFN2O2S. The van der Waals surface area contributed by atoms with Crippen LogP contribution in [0, 0.1) is 15.9 Å². The zero-order valence-electron chi connectivity index (χ0n) is 10.4. The summed E-state index contributed by atoms with van der Waals surface area (Å²) in [6, 6.07) is 2.57. The van der Waals surface area contributed by atoms with Gasteiger partial charge >= 0.3 is 0 Å². The summed E-state index contributed by atoms with van der Waals surface area (Å²) < 4.78 is 13.6. The molecule has 0 spiro atoms. The minimum Gasteiger partial charge on any atom is -0.377 e. The monoisotopic (exact) mass is 348 g/mol. The fourth-order valence-electron chi connectivity index (χ4n) is 2.31. The minimum absolute atomic E-state index is 0.0964. The Hall–Kier alpha value is -0.820. The Morgan fingerprint density at radius 1 is 1.53 bits per heavy atom. The molecule has 4 nitrogen and oxygen atoms in total. The molecule has 1 aliphatic carbocycles. The minimum atomic E-state index is -0.493. The summed E-state index contributed by atoms with van der Waals surface area (Å²) in [4.78, 5) is 10.5. The Labute approximate surface area is 123 Å². The van der Waals surface area contributed by atoms with Crippen molar-refractivity contribution in [2.75, 3.05) is 11.6 Å². The molecule has 1 aromatic rings. The lowest BCUT2D eigenvalue weighted by molar-refractivity contribution is -0.384. The zero-order valence-corrected chi connectivity index (χ0v) is 12.8. The van der Waals surface area contributed by atoms with Gasteiger partial charge in [-0.25, -0.2) is 4.39 Å². The highest BCUT2D eigenvalue weighted by molar-refractivity contribution is 9.10. The smallest absolute Gasteiger partial charge is 0.293 e. The highest BCUT2D eigenvalue weighted by Gasteiger charge is 2.26. The number of hydrogen-bond donors (Lipinski definition) is 1. The first-order valence-electron chi connectivity index (χ1n) is 5.94. The van der Waals surface area contributed by atoms with Crippen molar-refractivity contribution in [2.24, 2.45) is 0 Å². The number of nitrogens with one attached hydrogen (secondary N) is 1. The third kappa shape index (κ3) is 3.39. The maximum atomic E-state index is 13.5. The number of anilines is 1. The van der Waals surface area contributed by atoms with Gasteiger partial charge in [-0.3, -0.25) is 10.1 Å². The van der Waals surface area contributed by atoms with Gasteiger partial charge < -0.3 is 5.32 Å². The average Bonchev–Trinajstić information content (AvgIpc) is 2.81. The third-order valence-corrected chi connectivity index (χ3v) is 5.02. The van der Waals surface area contributed by atoms with Gasteiger partial charge in [0.25, 0.3) is 5.69 Å².